The molecule has 0 spiro atoms. The lowest BCUT2D eigenvalue weighted by atomic mass is 10.1. The van der Waals surface area contributed by atoms with Gasteiger partial charge in [-0.3, -0.25) is 9.59 Å². The maximum Gasteiger partial charge on any atom is 0.253 e. The number of hydrogen-bond donors (Lipinski definition) is 2. The van der Waals surface area contributed by atoms with Crippen LogP contribution in [0.2, 0.25) is 0 Å². The minimum Gasteiger partial charge on any atom is -0.376 e. The SMILES string of the molecule is CN(C)C(=O)c1cccc(NCC(=O)NC(C2CC2)C2CC2)c1. The van der Waals surface area contributed by atoms with Crippen LogP contribution in [0.15, 0.2) is 24.3 Å². The highest BCUT2D eigenvalue weighted by atomic mass is 16.2. The average molecular weight is 315 g/mol. The Balaban J connectivity index is 1.52. The number of amides is 2. The van der Waals surface area contributed by atoms with Crippen LogP contribution in [0, 0.1) is 11.8 Å². The number of benzene rings is 1. The van der Waals surface area contributed by atoms with E-state index < -0.39 is 0 Å². The van der Waals surface area contributed by atoms with Gasteiger partial charge in [-0.2, -0.15) is 0 Å². The first-order valence-electron chi connectivity index (χ1n) is 8.39. The van der Waals surface area contributed by atoms with E-state index in [1.807, 2.05) is 12.1 Å². The summed E-state index contributed by atoms with van der Waals surface area (Å²) in [6.45, 7) is 0.246. The molecule has 3 rings (SSSR count). The van der Waals surface area contributed by atoms with E-state index in [9.17, 15) is 9.59 Å². The fourth-order valence-electron chi connectivity index (χ4n) is 2.97. The maximum atomic E-state index is 12.2. The third kappa shape index (κ3) is 4.24. The number of carbonyl (C=O) groups excluding carboxylic acids is 2. The molecule has 0 saturated heterocycles. The minimum absolute atomic E-state index is 0.0399. The van der Waals surface area contributed by atoms with Crippen molar-refractivity contribution in [3.05, 3.63) is 29.8 Å². The minimum atomic E-state index is -0.0411. The summed E-state index contributed by atoms with van der Waals surface area (Å²) in [6, 6.07) is 7.65. The standard InChI is InChI=1S/C18H25N3O2/c1-21(2)18(23)14-4-3-5-15(10-14)19-11-16(22)20-17(12-6-7-12)13-8-9-13/h3-5,10,12-13,17,19H,6-9,11H2,1-2H3,(H,20,22). The zero-order valence-corrected chi connectivity index (χ0v) is 13.8. The Hall–Kier alpha value is -2.04. The molecule has 0 radical (unpaired) electrons. The predicted molar refractivity (Wildman–Crippen MR) is 90.3 cm³/mol. The molecule has 0 aliphatic heterocycles. The highest BCUT2D eigenvalue weighted by molar-refractivity contribution is 5.95. The zero-order chi connectivity index (χ0) is 16.4. The molecule has 5 heteroatoms. The molecule has 1 aromatic rings. The van der Waals surface area contributed by atoms with Crippen LogP contribution in [0.3, 0.4) is 0 Å². The second-order valence-corrected chi connectivity index (χ2v) is 6.90. The molecule has 2 aliphatic rings. The van der Waals surface area contributed by atoms with Gasteiger partial charge in [0.1, 0.15) is 0 Å². The molecule has 0 bridgehead atoms. The Kier molecular flexibility index (Phi) is 4.55. The molecule has 0 unspecified atom stereocenters. The van der Waals surface area contributed by atoms with Crippen LogP contribution in [0.25, 0.3) is 0 Å². The number of nitrogens with zero attached hydrogens (tertiary/aromatic N) is 1. The van der Waals surface area contributed by atoms with Crippen LogP contribution in [-0.4, -0.2) is 43.4 Å². The molecule has 124 valence electrons. The van der Waals surface area contributed by atoms with Gasteiger partial charge in [-0.05, 0) is 55.7 Å². The number of anilines is 1. The van der Waals surface area contributed by atoms with Gasteiger partial charge < -0.3 is 15.5 Å². The van der Waals surface area contributed by atoms with Gasteiger partial charge in [0.05, 0.1) is 6.54 Å². The molecule has 2 amide bonds. The molecule has 2 fully saturated rings. The van der Waals surface area contributed by atoms with Crippen molar-refractivity contribution in [3.63, 3.8) is 0 Å². The van der Waals surface area contributed by atoms with Gasteiger partial charge >= 0.3 is 0 Å². The average Bonchev–Trinajstić information content (AvgIpc) is 3.42. The summed E-state index contributed by atoms with van der Waals surface area (Å²) in [7, 11) is 3.46. The molecule has 0 atom stereocenters. The van der Waals surface area contributed by atoms with Crippen LogP contribution < -0.4 is 10.6 Å². The van der Waals surface area contributed by atoms with Gasteiger partial charge in [0.25, 0.3) is 5.91 Å². The lowest BCUT2D eigenvalue weighted by molar-refractivity contribution is -0.120. The second-order valence-electron chi connectivity index (χ2n) is 6.90. The van der Waals surface area contributed by atoms with E-state index in [-0.39, 0.29) is 18.4 Å². The fourth-order valence-corrected chi connectivity index (χ4v) is 2.97. The Morgan fingerprint density at radius 1 is 1.17 bits per heavy atom. The van der Waals surface area contributed by atoms with Gasteiger partial charge in [0.2, 0.25) is 5.91 Å². The first-order valence-corrected chi connectivity index (χ1v) is 8.39. The van der Waals surface area contributed by atoms with Crippen molar-refractivity contribution in [2.75, 3.05) is 26.0 Å². The number of hydrogen-bond acceptors (Lipinski definition) is 3. The van der Waals surface area contributed by atoms with Crippen molar-refractivity contribution in [1.29, 1.82) is 0 Å². The Labute approximate surface area is 137 Å². The summed E-state index contributed by atoms with van der Waals surface area (Å²) in [5.41, 5.74) is 1.41. The number of nitrogens with one attached hydrogen (secondary N) is 2. The molecule has 2 saturated carbocycles. The van der Waals surface area contributed by atoms with Crippen LogP contribution in [0.5, 0.6) is 0 Å². The first kappa shape index (κ1) is 15.8. The first-order chi connectivity index (χ1) is 11.0. The molecule has 0 aromatic heterocycles. The Morgan fingerprint density at radius 3 is 2.39 bits per heavy atom. The van der Waals surface area contributed by atoms with Crippen LogP contribution in [-0.2, 0) is 4.79 Å². The summed E-state index contributed by atoms with van der Waals surface area (Å²) in [5, 5.41) is 6.31. The van der Waals surface area contributed by atoms with Crippen molar-refractivity contribution >= 4 is 17.5 Å². The maximum absolute atomic E-state index is 12.2. The van der Waals surface area contributed by atoms with Crippen molar-refractivity contribution < 1.29 is 9.59 Å². The third-order valence-corrected chi connectivity index (χ3v) is 4.56. The smallest absolute Gasteiger partial charge is 0.253 e. The van der Waals surface area contributed by atoms with Gasteiger partial charge in [-0.15, -0.1) is 0 Å². The largest absolute Gasteiger partial charge is 0.376 e. The van der Waals surface area contributed by atoms with Gasteiger partial charge in [-0.25, -0.2) is 0 Å². The molecule has 1 aromatic carbocycles. The molecular formula is C18H25N3O2. The van der Waals surface area contributed by atoms with Gasteiger partial charge in [0.15, 0.2) is 0 Å². The van der Waals surface area contributed by atoms with E-state index in [1.165, 1.54) is 25.7 Å². The van der Waals surface area contributed by atoms with E-state index in [0.29, 0.717) is 23.4 Å². The highest BCUT2D eigenvalue weighted by Gasteiger charge is 2.42. The van der Waals surface area contributed by atoms with E-state index in [4.69, 9.17) is 0 Å². The summed E-state index contributed by atoms with van der Waals surface area (Å²) in [5.74, 6) is 1.40. The van der Waals surface area contributed by atoms with Crippen LogP contribution in [0.4, 0.5) is 5.69 Å². The topological polar surface area (TPSA) is 61.4 Å². The van der Waals surface area contributed by atoms with Crippen molar-refractivity contribution in [2.45, 2.75) is 31.7 Å². The molecule has 23 heavy (non-hydrogen) atoms. The molecule has 2 N–H and O–H groups in total. The molecular weight excluding hydrogens is 290 g/mol. The molecule has 5 nitrogen and oxygen atoms in total. The molecule has 0 heterocycles. The second kappa shape index (κ2) is 6.60. The lowest BCUT2D eigenvalue weighted by Crippen LogP contribution is -2.41. The van der Waals surface area contributed by atoms with Crippen molar-refractivity contribution in [3.8, 4) is 0 Å². The Bertz CT molecular complexity index is 580. The predicted octanol–water partition coefficient (Wildman–Crippen LogP) is 2.11. The van der Waals surface area contributed by atoms with Crippen LogP contribution >= 0.6 is 0 Å². The highest BCUT2D eigenvalue weighted by Crippen LogP contribution is 2.44. The van der Waals surface area contributed by atoms with Gasteiger partial charge in [0, 0.05) is 31.4 Å². The van der Waals surface area contributed by atoms with E-state index in [1.54, 1.807) is 31.1 Å². The van der Waals surface area contributed by atoms with Crippen molar-refractivity contribution in [2.24, 2.45) is 11.8 Å². The van der Waals surface area contributed by atoms with E-state index in [0.717, 1.165) is 5.69 Å². The fraction of sp³-hybridized carbons (Fsp3) is 0.556. The Morgan fingerprint density at radius 2 is 1.83 bits per heavy atom. The molecule has 2 aliphatic carbocycles. The lowest BCUT2D eigenvalue weighted by Gasteiger charge is -2.18. The number of rotatable bonds is 7. The quantitative estimate of drug-likeness (QED) is 0.810. The third-order valence-electron chi connectivity index (χ3n) is 4.56. The summed E-state index contributed by atoms with van der Waals surface area (Å²) in [4.78, 5) is 25.7. The van der Waals surface area contributed by atoms with Crippen molar-refractivity contribution in [1.82, 2.24) is 10.2 Å². The zero-order valence-electron chi connectivity index (χ0n) is 13.8. The van der Waals surface area contributed by atoms with E-state index in [2.05, 4.69) is 10.6 Å². The van der Waals surface area contributed by atoms with E-state index >= 15 is 0 Å². The summed E-state index contributed by atoms with van der Waals surface area (Å²) < 4.78 is 0. The monoisotopic (exact) mass is 315 g/mol. The summed E-state index contributed by atoms with van der Waals surface area (Å²) >= 11 is 0. The normalized spacial score (nSPS) is 17.0. The number of carbonyl (C=O) groups is 2. The summed E-state index contributed by atoms with van der Waals surface area (Å²) in [6.07, 6.45) is 5.01. The van der Waals surface area contributed by atoms with Crippen LogP contribution in [0.1, 0.15) is 36.0 Å². The van der Waals surface area contributed by atoms with Gasteiger partial charge in [-0.1, -0.05) is 6.07 Å².